The van der Waals surface area contributed by atoms with Gasteiger partial charge in [-0.2, -0.15) is 0 Å². The Balaban J connectivity index is 3.25. The molecule has 2 N–H and O–H groups in total. The van der Waals surface area contributed by atoms with Gasteiger partial charge in [0.1, 0.15) is 0 Å². The van der Waals surface area contributed by atoms with Gasteiger partial charge in [0, 0.05) is 6.54 Å². The number of rotatable bonds is 7. The zero-order valence-corrected chi connectivity index (χ0v) is 10.5. The van der Waals surface area contributed by atoms with E-state index in [2.05, 4.69) is 0 Å². The summed E-state index contributed by atoms with van der Waals surface area (Å²) in [7, 11) is -3.65. The number of anilines is 1. The van der Waals surface area contributed by atoms with Gasteiger partial charge in [0.15, 0.2) is 9.84 Å². The molecular weight excluding hydrogens is 258 g/mol. The van der Waals surface area contributed by atoms with Crippen molar-refractivity contribution in [2.45, 2.75) is 4.90 Å². The Bertz CT molecular complexity index is 500. The fraction of sp³-hybridized carbons (Fsp3) is 0.364. The van der Waals surface area contributed by atoms with Crippen molar-refractivity contribution in [1.29, 1.82) is 0 Å². The number of hydrogen-bond donors (Lipinski definition) is 2. The van der Waals surface area contributed by atoms with Crippen LogP contribution in [-0.2, 0) is 14.6 Å². The lowest BCUT2D eigenvalue weighted by atomic mass is 10.3. The molecular formula is C11H15NO5S. The number of benzene rings is 1. The Morgan fingerprint density at radius 1 is 1.17 bits per heavy atom. The third kappa shape index (κ3) is 3.28. The van der Waals surface area contributed by atoms with Crippen LogP contribution in [0.3, 0.4) is 0 Å². The monoisotopic (exact) mass is 273 g/mol. The molecule has 0 aromatic heterocycles. The summed E-state index contributed by atoms with van der Waals surface area (Å²) in [6.07, 6.45) is 0.462. The minimum absolute atomic E-state index is 0.00909. The quantitative estimate of drug-likeness (QED) is 0.647. The highest BCUT2D eigenvalue weighted by atomic mass is 32.2. The van der Waals surface area contributed by atoms with Crippen LogP contribution < -0.4 is 4.90 Å². The van der Waals surface area contributed by atoms with Gasteiger partial charge < -0.3 is 15.1 Å². The van der Waals surface area contributed by atoms with Crippen molar-refractivity contribution in [3.8, 4) is 0 Å². The number of aliphatic hydroxyl groups is 2. The summed E-state index contributed by atoms with van der Waals surface area (Å²) in [4.78, 5) is 12.0. The van der Waals surface area contributed by atoms with Gasteiger partial charge >= 0.3 is 0 Å². The van der Waals surface area contributed by atoms with E-state index in [0.717, 1.165) is 4.90 Å². The lowest BCUT2D eigenvalue weighted by molar-refractivity contribution is -0.107. The Kier molecular flexibility index (Phi) is 5.26. The zero-order valence-electron chi connectivity index (χ0n) is 9.69. The van der Waals surface area contributed by atoms with Crippen molar-refractivity contribution in [2.75, 3.05) is 30.4 Å². The van der Waals surface area contributed by atoms with Crippen LogP contribution in [0.1, 0.15) is 0 Å². The van der Waals surface area contributed by atoms with Crippen LogP contribution in [0, 0.1) is 0 Å². The smallest absolute Gasteiger partial charge is 0.214 e. The highest BCUT2D eigenvalue weighted by Gasteiger charge is 2.20. The molecule has 1 aromatic rings. The summed E-state index contributed by atoms with van der Waals surface area (Å²) < 4.78 is 23.8. The number of hydrogen-bond acceptors (Lipinski definition) is 5. The van der Waals surface area contributed by atoms with E-state index >= 15 is 0 Å². The van der Waals surface area contributed by atoms with Crippen LogP contribution in [0.4, 0.5) is 5.69 Å². The van der Waals surface area contributed by atoms with Crippen molar-refractivity contribution in [1.82, 2.24) is 0 Å². The summed E-state index contributed by atoms with van der Waals surface area (Å²) in [6.45, 7) is -0.750. The molecule has 1 rings (SSSR count). The molecule has 0 aliphatic rings. The second-order valence-electron chi connectivity index (χ2n) is 3.53. The molecule has 0 saturated heterocycles. The van der Waals surface area contributed by atoms with Crippen molar-refractivity contribution >= 4 is 21.9 Å². The average molecular weight is 273 g/mol. The molecule has 0 aliphatic heterocycles. The average Bonchev–Trinajstić information content (AvgIpc) is 2.36. The molecule has 0 aliphatic carbocycles. The van der Waals surface area contributed by atoms with Crippen molar-refractivity contribution in [3.63, 3.8) is 0 Å². The van der Waals surface area contributed by atoms with Crippen LogP contribution in [-0.4, -0.2) is 50.6 Å². The van der Waals surface area contributed by atoms with E-state index in [9.17, 15) is 13.2 Å². The molecule has 7 heteroatoms. The highest BCUT2D eigenvalue weighted by molar-refractivity contribution is 7.91. The SMILES string of the molecule is O=CN(CCO)c1ccccc1S(=O)(=O)CCO. The third-order valence-electron chi connectivity index (χ3n) is 2.34. The lowest BCUT2D eigenvalue weighted by Gasteiger charge is -2.19. The molecule has 0 spiro atoms. The molecule has 1 amide bonds. The van der Waals surface area contributed by atoms with Gasteiger partial charge in [-0.1, -0.05) is 12.1 Å². The number of carbonyl (C=O) groups is 1. The van der Waals surface area contributed by atoms with E-state index in [4.69, 9.17) is 10.2 Å². The molecule has 18 heavy (non-hydrogen) atoms. The Labute approximate surface area is 105 Å². The second-order valence-corrected chi connectivity index (χ2v) is 5.61. The summed E-state index contributed by atoms with van der Waals surface area (Å²) in [5.41, 5.74) is 0.204. The van der Waals surface area contributed by atoms with Gasteiger partial charge in [-0.15, -0.1) is 0 Å². The van der Waals surface area contributed by atoms with Gasteiger partial charge in [0.2, 0.25) is 6.41 Å². The number of carbonyl (C=O) groups excluding carboxylic acids is 1. The predicted molar refractivity (Wildman–Crippen MR) is 66.1 cm³/mol. The van der Waals surface area contributed by atoms with Crippen LogP contribution in [0.2, 0.25) is 0 Å². The van der Waals surface area contributed by atoms with Gasteiger partial charge in [-0.3, -0.25) is 4.79 Å². The van der Waals surface area contributed by atoms with Crippen molar-refractivity contribution in [2.24, 2.45) is 0 Å². The van der Waals surface area contributed by atoms with Gasteiger partial charge in [0.05, 0.1) is 29.5 Å². The van der Waals surface area contributed by atoms with E-state index in [-0.39, 0.29) is 23.7 Å². The first-order chi connectivity index (χ1) is 8.56. The van der Waals surface area contributed by atoms with Crippen LogP contribution in [0.15, 0.2) is 29.2 Å². The van der Waals surface area contributed by atoms with Crippen molar-refractivity contribution in [3.05, 3.63) is 24.3 Å². The molecule has 6 nitrogen and oxygen atoms in total. The lowest BCUT2D eigenvalue weighted by Crippen LogP contribution is -2.27. The zero-order chi connectivity index (χ0) is 13.6. The van der Waals surface area contributed by atoms with Crippen molar-refractivity contribution < 1.29 is 23.4 Å². The Morgan fingerprint density at radius 2 is 1.83 bits per heavy atom. The fourth-order valence-electron chi connectivity index (χ4n) is 1.53. The van der Waals surface area contributed by atoms with Crippen LogP contribution in [0.25, 0.3) is 0 Å². The summed E-state index contributed by atoms with van der Waals surface area (Å²) in [6, 6.07) is 5.99. The molecule has 0 atom stereocenters. The minimum atomic E-state index is -3.65. The first kappa shape index (κ1) is 14.6. The minimum Gasteiger partial charge on any atom is -0.395 e. The van der Waals surface area contributed by atoms with E-state index in [1.54, 1.807) is 6.07 Å². The topological polar surface area (TPSA) is 94.9 Å². The molecule has 0 saturated carbocycles. The third-order valence-corrected chi connectivity index (χ3v) is 4.07. The number of aliphatic hydroxyl groups excluding tert-OH is 2. The number of nitrogens with zero attached hydrogens (tertiary/aromatic N) is 1. The van der Waals surface area contributed by atoms with E-state index in [0.29, 0.717) is 6.41 Å². The van der Waals surface area contributed by atoms with Crippen LogP contribution in [0.5, 0.6) is 0 Å². The van der Waals surface area contributed by atoms with Gasteiger partial charge in [0.25, 0.3) is 0 Å². The first-order valence-corrected chi connectivity index (χ1v) is 6.97. The number of amides is 1. The Morgan fingerprint density at radius 3 is 2.39 bits per heavy atom. The normalized spacial score (nSPS) is 11.2. The van der Waals surface area contributed by atoms with Crippen LogP contribution >= 0.6 is 0 Å². The standard InChI is InChI=1S/C11H15NO5S/c13-6-5-12(9-15)10-3-1-2-4-11(10)18(16,17)8-7-14/h1-4,9,13-14H,5-8H2. The maximum absolute atomic E-state index is 11.9. The molecule has 1 aromatic carbocycles. The first-order valence-electron chi connectivity index (χ1n) is 5.32. The number of sulfone groups is 1. The second kappa shape index (κ2) is 6.48. The fourth-order valence-corrected chi connectivity index (χ4v) is 2.78. The van der Waals surface area contributed by atoms with E-state index in [1.165, 1.54) is 18.2 Å². The summed E-state index contributed by atoms with van der Waals surface area (Å²) in [5, 5.41) is 17.6. The molecule has 0 heterocycles. The predicted octanol–water partition coefficient (Wildman–Crippen LogP) is -0.592. The molecule has 0 bridgehead atoms. The maximum Gasteiger partial charge on any atom is 0.214 e. The Hall–Kier alpha value is -1.44. The number of para-hydroxylation sites is 1. The molecule has 100 valence electrons. The van der Waals surface area contributed by atoms with Gasteiger partial charge in [-0.25, -0.2) is 8.42 Å². The van der Waals surface area contributed by atoms with Gasteiger partial charge in [-0.05, 0) is 12.1 Å². The van der Waals surface area contributed by atoms with E-state index < -0.39 is 22.2 Å². The summed E-state index contributed by atoms with van der Waals surface area (Å²) in [5.74, 6) is -0.407. The summed E-state index contributed by atoms with van der Waals surface area (Å²) >= 11 is 0. The largest absolute Gasteiger partial charge is 0.395 e. The molecule has 0 fully saturated rings. The van der Waals surface area contributed by atoms with E-state index in [1.807, 2.05) is 0 Å². The maximum atomic E-state index is 11.9. The molecule has 0 radical (unpaired) electrons. The molecule has 0 unspecified atom stereocenters. The highest BCUT2D eigenvalue weighted by Crippen LogP contribution is 2.24.